The average molecular weight is 457 g/mol. The number of nitrogens with one attached hydrogen (secondary N) is 2. The van der Waals surface area contributed by atoms with Crippen molar-refractivity contribution in [3.63, 3.8) is 0 Å². The van der Waals surface area contributed by atoms with Crippen LogP contribution in [-0.4, -0.2) is 67.0 Å². The molecule has 32 heavy (non-hydrogen) atoms. The van der Waals surface area contributed by atoms with Crippen LogP contribution in [0.1, 0.15) is 29.7 Å². The fraction of sp³-hybridized carbons (Fsp3) is 0.500. The summed E-state index contributed by atoms with van der Waals surface area (Å²) in [6.07, 6.45) is 2.14. The van der Waals surface area contributed by atoms with Gasteiger partial charge in [0.25, 0.3) is 0 Å². The molecule has 0 radical (unpaired) electrons. The first-order chi connectivity index (χ1) is 15.5. The molecule has 0 aliphatic carbocycles. The van der Waals surface area contributed by atoms with Crippen LogP contribution in [0.2, 0.25) is 0 Å². The van der Waals surface area contributed by atoms with Crippen LogP contribution >= 0.6 is 11.3 Å². The molecule has 0 unspecified atom stereocenters. The van der Waals surface area contributed by atoms with E-state index in [0.717, 1.165) is 36.6 Å². The molecule has 4 rings (SSSR count). The Balaban J connectivity index is 1.33. The summed E-state index contributed by atoms with van der Waals surface area (Å²) in [7, 11) is 3.76. The third-order valence-electron chi connectivity index (χ3n) is 6.64. The first-order valence-corrected chi connectivity index (χ1v) is 12.1. The van der Waals surface area contributed by atoms with E-state index < -0.39 is 0 Å². The maximum Gasteiger partial charge on any atom is 0.239 e. The Bertz CT molecular complexity index is 902. The summed E-state index contributed by atoms with van der Waals surface area (Å²) < 4.78 is 5.25. The molecular formula is C24H32N4O3S. The van der Waals surface area contributed by atoms with E-state index in [1.54, 1.807) is 18.4 Å². The van der Waals surface area contributed by atoms with Crippen LogP contribution in [0.15, 0.2) is 41.8 Å². The Morgan fingerprint density at radius 3 is 2.81 bits per heavy atom. The molecule has 2 aliphatic heterocycles. The molecule has 2 amide bonds. The lowest BCUT2D eigenvalue weighted by Gasteiger charge is -2.33. The summed E-state index contributed by atoms with van der Waals surface area (Å²) in [4.78, 5) is 31.1. The van der Waals surface area contributed by atoms with Gasteiger partial charge in [0, 0.05) is 43.0 Å². The Hall–Kier alpha value is -2.42. The van der Waals surface area contributed by atoms with Crippen molar-refractivity contribution in [2.24, 2.45) is 0 Å². The van der Waals surface area contributed by atoms with E-state index in [1.165, 1.54) is 5.56 Å². The van der Waals surface area contributed by atoms with Crippen molar-refractivity contribution in [2.45, 2.75) is 50.5 Å². The predicted molar refractivity (Wildman–Crippen MR) is 126 cm³/mol. The van der Waals surface area contributed by atoms with E-state index in [2.05, 4.69) is 39.6 Å². The number of hydrogen-bond donors (Lipinski definition) is 2. The third kappa shape index (κ3) is 5.31. The first kappa shape index (κ1) is 22.8. The molecule has 2 aliphatic rings. The molecule has 0 bridgehead atoms. The summed E-state index contributed by atoms with van der Waals surface area (Å²) in [5, 5.41) is 8.15. The van der Waals surface area contributed by atoms with Crippen molar-refractivity contribution >= 4 is 23.2 Å². The third-order valence-corrected chi connectivity index (χ3v) is 7.52. The van der Waals surface area contributed by atoms with Gasteiger partial charge in [-0.05, 0) is 49.0 Å². The highest BCUT2D eigenvalue weighted by Gasteiger charge is 2.44. The normalized spacial score (nSPS) is 23.9. The zero-order chi connectivity index (χ0) is 22.5. The van der Waals surface area contributed by atoms with Gasteiger partial charge in [0.2, 0.25) is 11.8 Å². The van der Waals surface area contributed by atoms with E-state index in [9.17, 15) is 9.59 Å². The van der Waals surface area contributed by atoms with Crippen LogP contribution < -0.4 is 15.4 Å². The van der Waals surface area contributed by atoms with E-state index in [-0.39, 0.29) is 29.9 Å². The summed E-state index contributed by atoms with van der Waals surface area (Å²) in [5.74, 6) is 0.992. The number of nitrogens with zero attached hydrogens (tertiary/aromatic N) is 2. The van der Waals surface area contributed by atoms with Crippen LogP contribution in [0.5, 0.6) is 5.75 Å². The molecule has 7 nitrogen and oxygen atoms in total. The molecule has 2 N–H and O–H groups in total. The highest BCUT2D eigenvalue weighted by Crippen LogP contribution is 2.29. The van der Waals surface area contributed by atoms with Gasteiger partial charge >= 0.3 is 0 Å². The van der Waals surface area contributed by atoms with Gasteiger partial charge in [-0.25, -0.2) is 0 Å². The summed E-state index contributed by atoms with van der Waals surface area (Å²) in [5.41, 5.74) is 1.17. The second-order valence-corrected chi connectivity index (χ2v) is 9.61. The number of rotatable bonds is 8. The molecule has 2 fully saturated rings. The lowest BCUT2D eigenvalue weighted by atomic mass is 10.0. The average Bonchev–Trinajstić information content (AvgIpc) is 3.45. The predicted octanol–water partition coefficient (Wildman–Crippen LogP) is 2.23. The van der Waals surface area contributed by atoms with Crippen LogP contribution in [0.4, 0.5) is 0 Å². The molecule has 3 heterocycles. The molecule has 8 heteroatoms. The van der Waals surface area contributed by atoms with Gasteiger partial charge < -0.3 is 15.4 Å². The molecule has 172 valence electrons. The van der Waals surface area contributed by atoms with Gasteiger partial charge in [-0.2, -0.15) is 0 Å². The minimum absolute atomic E-state index is 0.0616. The zero-order valence-electron chi connectivity index (χ0n) is 18.8. The number of carbonyl (C=O) groups excluding carboxylic acids is 2. The van der Waals surface area contributed by atoms with E-state index in [4.69, 9.17) is 4.74 Å². The molecule has 3 atom stereocenters. The van der Waals surface area contributed by atoms with Gasteiger partial charge in [0.05, 0.1) is 13.7 Å². The minimum Gasteiger partial charge on any atom is -0.497 e. The minimum atomic E-state index is -0.167. The Morgan fingerprint density at radius 2 is 2.09 bits per heavy atom. The standard InChI is InChI=1S/C24H32N4O3S/c1-27-18(7-10-22(29)25-15-20-4-3-13-32-20)14-26-24(30)23-21(27)11-12-28(23)16-17-5-8-19(31-2)9-6-17/h3-6,8-9,13,18,21,23H,7,10-12,14-16H2,1-2H3,(H,25,29)(H,26,30)/t18-,21-,23-/m0/s1. The van der Waals surface area contributed by atoms with Gasteiger partial charge in [-0.3, -0.25) is 19.4 Å². The Labute approximate surface area is 193 Å². The maximum atomic E-state index is 13.0. The van der Waals surface area contributed by atoms with E-state index in [0.29, 0.717) is 19.5 Å². The number of likely N-dealkylation sites (tertiary alicyclic amines) is 1. The lowest BCUT2D eigenvalue weighted by molar-refractivity contribution is -0.126. The van der Waals surface area contributed by atoms with Crippen molar-refractivity contribution in [1.82, 2.24) is 20.4 Å². The van der Waals surface area contributed by atoms with Crippen molar-refractivity contribution in [3.05, 3.63) is 52.2 Å². The highest BCUT2D eigenvalue weighted by molar-refractivity contribution is 7.09. The molecule has 2 saturated heterocycles. The number of methoxy groups -OCH3 is 1. The Morgan fingerprint density at radius 1 is 1.28 bits per heavy atom. The van der Waals surface area contributed by atoms with Crippen LogP contribution in [0, 0.1) is 0 Å². The van der Waals surface area contributed by atoms with Crippen molar-refractivity contribution in [1.29, 1.82) is 0 Å². The number of likely N-dealkylation sites (N-methyl/N-ethyl adjacent to an activating group) is 1. The van der Waals surface area contributed by atoms with Crippen LogP contribution in [0.3, 0.4) is 0 Å². The maximum absolute atomic E-state index is 13.0. The monoisotopic (exact) mass is 456 g/mol. The molecule has 0 saturated carbocycles. The van der Waals surface area contributed by atoms with Crippen molar-refractivity contribution in [2.75, 3.05) is 27.2 Å². The number of carbonyl (C=O) groups is 2. The molecule has 1 aromatic carbocycles. The summed E-state index contributed by atoms with van der Waals surface area (Å²) in [6, 6.07) is 12.2. The molecule has 0 spiro atoms. The van der Waals surface area contributed by atoms with Crippen LogP contribution in [-0.2, 0) is 22.7 Å². The van der Waals surface area contributed by atoms with Crippen molar-refractivity contribution < 1.29 is 14.3 Å². The molecular weight excluding hydrogens is 424 g/mol. The lowest BCUT2D eigenvalue weighted by Crippen LogP contribution is -2.49. The summed E-state index contributed by atoms with van der Waals surface area (Å²) >= 11 is 1.65. The second kappa shape index (κ2) is 10.5. The van der Waals surface area contributed by atoms with E-state index in [1.807, 2.05) is 29.6 Å². The van der Waals surface area contributed by atoms with Gasteiger partial charge in [-0.15, -0.1) is 11.3 Å². The topological polar surface area (TPSA) is 73.9 Å². The number of amides is 2. The molecule has 2 aromatic rings. The smallest absolute Gasteiger partial charge is 0.239 e. The molecule has 1 aromatic heterocycles. The summed E-state index contributed by atoms with van der Waals surface area (Å²) in [6.45, 7) is 2.78. The Kier molecular flexibility index (Phi) is 7.44. The van der Waals surface area contributed by atoms with Gasteiger partial charge in [0.15, 0.2) is 0 Å². The first-order valence-electron chi connectivity index (χ1n) is 11.2. The number of fused-ring (bicyclic) bond motifs is 1. The quantitative estimate of drug-likeness (QED) is 0.637. The fourth-order valence-electron chi connectivity index (χ4n) is 4.78. The zero-order valence-corrected chi connectivity index (χ0v) is 19.6. The number of benzene rings is 1. The fourth-order valence-corrected chi connectivity index (χ4v) is 5.42. The SMILES string of the molecule is COc1ccc(CN2CC[C@H]3[C@H]2C(=O)NC[C@H](CCC(=O)NCc2cccs2)N3C)cc1. The van der Waals surface area contributed by atoms with Gasteiger partial charge in [-0.1, -0.05) is 18.2 Å². The van der Waals surface area contributed by atoms with E-state index >= 15 is 0 Å². The van der Waals surface area contributed by atoms with Crippen molar-refractivity contribution in [3.8, 4) is 5.75 Å². The second-order valence-electron chi connectivity index (χ2n) is 8.58. The van der Waals surface area contributed by atoms with Gasteiger partial charge in [0.1, 0.15) is 11.8 Å². The number of hydrogen-bond acceptors (Lipinski definition) is 6. The largest absolute Gasteiger partial charge is 0.497 e. The highest BCUT2D eigenvalue weighted by atomic mass is 32.1. The number of ether oxygens (including phenoxy) is 1. The number of thiophene rings is 1. The van der Waals surface area contributed by atoms with Crippen LogP contribution in [0.25, 0.3) is 0 Å².